The number of carbonyl (C=O) groups is 2. The van der Waals surface area contributed by atoms with Gasteiger partial charge >= 0.3 is 11.8 Å². The van der Waals surface area contributed by atoms with Gasteiger partial charge in [-0.15, -0.1) is 0 Å². The molecule has 3 rings (SSSR count). The highest BCUT2D eigenvalue weighted by Crippen LogP contribution is 2.20. The number of aromatic nitrogens is 1. The van der Waals surface area contributed by atoms with Crippen molar-refractivity contribution in [3.63, 3.8) is 0 Å². The molecule has 1 N–H and O–H groups in total. The molecule has 0 aliphatic carbocycles. The summed E-state index contributed by atoms with van der Waals surface area (Å²) in [6.07, 6.45) is 3.30. The second-order valence-electron chi connectivity index (χ2n) is 5.80. The Morgan fingerprint density at radius 2 is 1.80 bits per heavy atom. The van der Waals surface area contributed by atoms with Gasteiger partial charge in [0.25, 0.3) is 0 Å². The average Bonchev–Trinajstić information content (AvgIpc) is 2.66. The van der Waals surface area contributed by atoms with Crippen LogP contribution in [0.5, 0.6) is 0 Å². The molecular weight excluding hydrogens is 340 g/mol. The van der Waals surface area contributed by atoms with Crippen LogP contribution in [0.2, 0.25) is 5.02 Å². The number of hydrogen-bond donors (Lipinski definition) is 1. The van der Waals surface area contributed by atoms with Gasteiger partial charge in [0.2, 0.25) is 0 Å². The van der Waals surface area contributed by atoms with Gasteiger partial charge in [-0.05, 0) is 35.9 Å². The topological polar surface area (TPSA) is 65.5 Å². The molecule has 1 aliphatic heterocycles. The Morgan fingerprint density at radius 1 is 1.08 bits per heavy atom. The molecule has 1 fully saturated rings. The third-order valence-electron chi connectivity index (χ3n) is 4.14. The summed E-state index contributed by atoms with van der Waals surface area (Å²) in [5, 5.41) is 3.34. The summed E-state index contributed by atoms with van der Waals surface area (Å²) in [4.78, 5) is 32.0. The zero-order valence-electron chi connectivity index (χ0n) is 13.7. The van der Waals surface area contributed by atoms with Crippen LogP contribution in [0.3, 0.4) is 0 Å². The van der Waals surface area contributed by atoms with Gasteiger partial charge in [-0.3, -0.25) is 14.6 Å². The van der Waals surface area contributed by atoms with E-state index < -0.39 is 11.8 Å². The fourth-order valence-corrected chi connectivity index (χ4v) is 2.93. The van der Waals surface area contributed by atoms with E-state index in [1.165, 1.54) is 0 Å². The molecule has 0 saturated carbocycles. The number of amides is 2. The standard InChI is InChI=1S/C18H19ClN4O2/c19-15-2-1-3-16(12-15)22-8-10-23(11-9-22)18(25)17(24)21-13-14-4-6-20-7-5-14/h1-7,12H,8-11,13H2,(H,21,24). The SMILES string of the molecule is O=C(NCc1ccncc1)C(=O)N1CCN(c2cccc(Cl)c2)CC1. The van der Waals surface area contributed by atoms with E-state index in [1.807, 2.05) is 24.3 Å². The molecule has 2 aromatic rings. The van der Waals surface area contributed by atoms with Crippen molar-refractivity contribution < 1.29 is 9.59 Å². The van der Waals surface area contributed by atoms with Crippen LogP contribution in [-0.4, -0.2) is 47.9 Å². The second kappa shape index (κ2) is 7.98. The van der Waals surface area contributed by atoms with Crippen molar-refractivity contribution in [1.82, 2.24) is 15.2 Å². The fourth-order valence-electron chi connectivity index (χ4n) is 2.74. The average molecular weight is 359 g/mol. The summed E-state index contributed by atoms with van der Waals surface area (Å²) < 4.78 is 0. The minimum absolute atomic E-state index is 0.315. The van der Waals surface area contributed by atoms with Gasteiger partial charge in [-0.2, -0.15) is 0 Å². The number of anilines is 1. The number of benzene rings is 1. The molecule has 2 heterocycles. The van der Waals surface area contributed by atoms with Gasteiger partial charge in [0, 0.05) is 55.8 Å². The smallest absolute Gasteiger partial charge is 0.312 e. The molecule has 0 atom stereocenters. The summed E-state index contributed by atoms with van der Waals surface area (Å²) in [5.74, 6) is -1.06. The Hall–Kier alpha value is -2.60. The molecule has 1 aromatic carbocycles. The van der Waals surface area contributed by atoms with Crippen LogP contribution in [0.4, 0.5) is 5.69 Å². The van der Waals surface area contributed by atoms with E-state index in [2.05, 4.69) is 15.2 Å². The number of pyridine rings is 1. The van der Waals surface area contributed by atoms with E-state index in [9.17, 15) is 9.59 Å². The molecule has 130 valence electrons. The van der Waals surface area contributed by atoms with Crippen LogP contribution < -0.4 is 10.2 Å². The van der Waals surface area contributed by atoms with Gasteiger partial charge in [-0.1, -0.05) is 17.7 Å². The van der Waals surface area contributed by atoms with Crippen LogP contribution in [-0.2, 0) is 16.1 Å². The number of nitrogens with one attached hydrogen (secondary N) is 1. The van der Waals surface area contributed by atoms with Crippen molar-refractivity contribution in [3.05, 3.63) is 59.4 Å². The van der Waals surface area contributed by atoms with E-state index in [-0.39, 0.29) is 0 Å². The highest BCUT2D eigenvalue weighted by molar-refractivity contribution is 6.35. The lowest BCUT2D eigenvalue weighted by atomic mass is 10.2. The molecule has 0 bridgehead atoms. The third kappa shape index (κ3) is 4.48. The normalized spacial score (nSPS) is 14.3. The van der Waals surface area contributed by atoms with Gasteiger partial charge in [0.15, 0.2) is 0 Å². The minimum Gasteiger partial charge on any atom is -0.368 e. The first-order chi connectivity index (χ1) is 12.1. The van der Waals surface area contributed by atoms with Gasteiger partial charge < -0.3 is 15.1 Å². The zero-order chi connectivity index (χ0) is 17.6. The molecule has 1 aliphatic rings. The van der Waals surface area contributed by atoms with E-state index in [0.29, 0.717) is 37.7 Å². The summed E-state index contributed by atoms with van der Waals surface area (Å²) in [6.45, 7) is 2.67. The Bertz CT molecular complexity index is 746. The Kier molecular flexibility index (Phi) is 5.50. The van der Waals surface area contributed by atoms with Crippen molar-refractivity contribution in [2.45, 2.75) is 6.54 Å². The number of nitrogens with zero attached hydrogens (tertiary/aromatic N) is 3. The Morgan fingerprint density at radius 3 is 2.48 bits per heavy atom. The second-order valence-corrected chi connectivity index (χ2v) is 6.23. The number of halogens is 1. The number of rotatable bonds is 3. The number of carbonyl (C=O) groups excluding carboxylic acids is 2. The quantitative estimate of drug-likeness (QED) is 0.848. The predicted octanol–water partition coefficient (Wildman–Crippen LogP) is 1.70. The van der Waals surface area contributed by atoms with Crippen LogP contribution in [0.1, 0.15) is 5.56 Å². The van der Waals surface area contributed by atoms with Crippen LogP contribution >= 0.6 is 11.6 Å². The summed E-state index contributed by atoms with van der Waals surface area (Å²) in [7, 11) is 0. The van der Waals surface area contributed by atoms with Crippen LogP contribution in [0.15, 0.2) is 48.8 Å². The number of hydrogen-bond acceptors (Lipinski definition) is 4. The lowest BCUT2D eigenvalue weighted by Crippen LogP contribution is -2.52. The highest BCUT2D eigenvalue weighted by Gasteiger charge is 2.25. The minimum atomic E-state index is -0.576. The largest absolute Gasteiger partial charge is 0.368 e. The van der Waals surface area contributed by atoms with Gasteiger partial charge in [0.1, 0.15) is 0 Å². The lowest BCUT2D eigenvalue weighted by Gasteiger charge is -2.35. The predicted molar refractivity (Wildman–Crippen MR) is 96.3 cm³/mol. The van der Waals surface area contributed by atoms with E-state index in [4.69, 9.17) is 11.6 Å². The summed E-state index contributed by atoms with van der Waals surface area (Å²) >= 11 is 6.02. The maximum absolute atomic E-state index is 12.3. The Balaban J connectivity index is 1.50. The Labute approximate surface area is 151 Å². The first-order valence-electron chi connectivity index (χ1n) is 8.10. The molecule has 0 unspecified atom stereocenters. The van der Waals surface area contributed by atoms with Crippen molar-refractivity contribution >= 4 is 29.1 Å². The zero-order valence-corrected chi connectivity index (χ0v) is 14.4. The van der Waals surface area contributed by atoms with Crippen molar-refractivity contribution in [2.75, 3.05) is 31.1 Å². The number of piperazine rings is 1. The molecule has 2 amide bonds. The third-order valence-corrected chi connectivity index (χ3v) is 4.37. The molecule has 1 aromatic heterocycles. The van der Waals surface area contributed by atoms with Crippen molar-refractivity contribution in [3.8, 4) is 0 Å². The first-order valence-corrected chi connectivity index (χ1v) is 8.48. The molecule has 6 nitrogen and oxygen atoms in total. The van der Waals surface area contributed by atoms with Crippen LogP contribution in [0, 0.1) is 0 Å². The molecule has 1 saturated heterocycles. The van der Waals surface area contributed by atoms with E-state index in [0.717, 1.165) is 11.3 Å². The van der Waals surface area contributed by atoms with Gasteiger partial charge in [0.05, 0.1) is 0 Å². The molecular formula is C18H19ClN4O2. The summed E-state index contributed by atoms with van der Waals surface area (Å²) in [5.41, 5.74) is 1.93. The molecule has 7 heteroatoms. The molecule has 0 spiro atoms. The lowest BCUT2D eigenvalue weighted by molar-refractivity contribution is -0.146. The first kappa shape index (κ1) is 17.2. The van der Waals surface area contributed by atoms with Gasteiger partial charge in [-0.25, -0.2) is 0 Å². The van der Waals surface area contributed by atoms with Crippen molar-refractivity contribution in [1.29, 1.82) is 0 Å². The molecule has 25 heavy (non-hydrogen) atoms. The van der Waals surface area contributed by atoms with Crippen LogP contribution in [0.25, 0.3) is 0 Å². The molecule has 0 radical (unpaired) electrons. The van der Waals surface area contributed by atoms with E-state index in [1.54, 1.807) is 29.4 Å². The van der Waals surface area contributed by atoms with Crippen molar-refractivity contribution in [2.24, 2.45) is 0 Å². The maximum Gasteiger partial charge on any atom is 0.312 e. The van der Waals surface area contributed by atoms with E-state index >= 15 is 0 Å². The summed E-state index contributed by atoms with van der Waals surface area (Å²) in [6, 6.07) is 11.2. The highest BCUT2D eigenvalue weighted by atomic mass is 35.5. The monoisotopic (exact) mass is 358 g/mol. The fraction of sp³-hybridized carbons (Fsp3) is 0.278. The maximum atomic E-state index is 12.3.